The Morgan fingerprint density at radius 3 is 2.61 bits per heavy atom. The van der Waals surface area contributed by atoms with E-state index in [1.807, 2.05) is 0 Å². The summed E-state index contributed by atoms with van der Waals surface area (Å²) in [5, 5.41) is 13.1. The van der Waals surface area contributed by atoms with E-state index in [0.717, 1.165) is 32.6 Å². The van der Waals surface area contributed by atoms with E-state index in [1.54, 1.807) is 0 Å². The van der Waals surface area contributed by atoms with E-state index < -0.39 is 23.2 Å². The third kappa shape index (κ3) is 2.25. The lowest BCUT2D eigenvalue weighted by Crippen LogP contribution is -2.14. The van der Waals surface area contributed by atoms with Gasteiger partial charge in [0.05, 0.1) is 7.11 Å². The van der Waals surface area contributed by atoms with Gasteiger partial charge in [0, 0.05) is 11.6 Å². The molecule has 100 valence electrons. The molecule has 1 aromatic carbocycles. The highest BCUT2D eigenvalue weighted by atomic mass is 19.4. The number of phenolic OH excluding ortho intramolecular Hbond substituents is 1. The van der Waals surface area contributed by atoms with Crippen molar-refractivity contribution in [2.45, 2.75) is 25.1 Å². The van der Waals surface area contributed by atoms with E-state index in [4.69, 9.17) is 4.74 Å². The SMILES string of the molecule is COc1c(C(F)(F)F)ccc(C2CCCN2)c1O. The molecule has 0 bridgehead atoms. The summed E-state index contributed by atoms with van der Waals surface area (Å²) in [4.78, 5) is 0. The number of ether oxygens (including phenoxy) is 1. The second kappa shape index (κ2) is 4.68. The molecule has 3 nitrogen and oxygen atoms in total. The van der Waals surface area contributed by atoms with Crippen LogP contribution in [0.15, 0.2) is 12.1 Å². The van der Waals surface area contributed by atoms with Gasteiger partial charge in [0.25, 0.3) is 0 Å². The predicted octanol–water partition coefficient (Wildman–Crippen LogP) is 2.84. The number of methoxy groups -OCH3 is 1. The van der Waals surface area contributed by atoms with Crippen molar-refractivity contribution in [2.24, 2.45) is 0 Å². The lowest BCUT2D eigenvalue weighted by Gasteiger charge is -2.18. The number of halogens is 3. The Balaban J connectivity index is 2.47. The predicted molar refractivity (Wildman–Crippen MR) is 59.6 cm³/mol. The fraction of sp³-hybridized carbons (Fsp3) is 0.500. The van der Waals surface area contributed by atoms with E-state index in [9.17, 15) is 18.3 Å². The number of rotatable bonds is 2. The first kappa shape index (κ1) is 13.0. The summed E-state index contributed by atoms with van der Waals surface area (Å²) < 4.78 is 42.9. The Kier molecular flexibility index (Phi) is 3.38. The number of hydrogen-bond acceptors (Lipinski definition) is 3. The van der Waals surface area contributed by atoms with Gasteiger partial charge in [-0.05, 0) is 25.5 Å². The van der Waals surface area contributed by atoms with Crippen molar-refractivity contribution in [2.75, 3.05) is 13.7 Å². The van der Waals surface area contributed by atoms with Crippen molar-refractivity contribution in [3.05, 3.63) is 23.3 Å². The molecule has 1 aliphatic heterocycles. The monoisotopic (exact) mass is 261 g/mol. The van der Waals surface area contributed by atoms with Crippen molar-refractivity contribution in [1.82, 2.24) is 5.32 Å². The van der Waals surface area contributed by atoms with Crippen LogP contribution in [0, 0.1) is 0 Å². The Bertz CT molecular complexity index is 440. The first-order valence-electron chi connectivity index (χ1n) is 5.65. The number of nitrogens with one attached hydrogen (secondary N) is 1. The van der Waals surface area contributed by atoms with Crippen molar-refractivity contribution < 1.29 is 23.0 Å². The van der Waals surface area contributed by atoms with Crippen molar-refractivity contribution >= 4 is 0 Å². The molecule has 1 atom stereocenters. The average molecular weight is 261 g/mol. The summed E-state index contributed by atoms with van der Waals surface area (Å²) in [6, 6.07) is 2.15. The van der Waals surface area contributed by atoms with Crippen LogP contribution >= 0.6 is 0 Å². The lowest BCUT2D eigenvalue weighted by atomic mass is 10.0. The zero-order valence-electron chi connectivity index (χ0n) is 9.84. The molecule has 0 spiro atoms. The minimum Gasteiger partial charge on any atom is -0.504 e. The molecule has 18 heavy (non-hydrogen) atoms. The molecule has 6 heteroatoms. The number of aromatic hydroxyl groups is 1. The number of alkyl halides is 3. The zero-order valence-corrected chi connectivity index (χ0v) is 9.84. The van der Waals surface area contributed by atoms with Gasteiger partial charge in [-0.25, -0.2) is 0 Å². The molecule has 2 rings (SSSR count). The Labute approximate surface area is 103 Å². The van der Waals surface area contributed by atoms with E-state index in [-0.39, 0.29) is 6.04 Å². The maximum absolute atomic E-state index is 12.7. The summed E-state index contributed by atoms with van der Waals surface area (Å²) in [7, 11) is 1.12. The minimum absolute atomic E-state index is 0.110. The molecule has 1 heterocycles. The van der Waals surface area contributed by atoms with Crippen LogP contribution in [-0.2, 0) is 6.18 Å². The number of hydrogen-bond donors (Lipinski definition) is 2. The summed E-state index contributed by atoms with van der Waals surface area (Å²) in [5.41, 5.74) is -0.499. The molecule has 2 N–H and O–H groups in total. The highest BCUT2D eigenvalue weighted by Gasteiger charge is 2.37. The molecule has 0 aromatic heterocycles. The quantitative estimate of drug-likeness (QED) is 0.860. The fourth-order valence-electron chi connectivity index (χ4n) is 2.25. The lowest BCUT2D eigenvalue weighted by molar-refractivity contribution is -0.138. The topological polar surface area (TPSA) is 41.5 Å². The Morgan fingerprint density at radius 2 is 2.11 bits per heavy atom. The van der Waals surface area contributed by atoms with Crippen LogP contribution in [-0.4, -0.2) is 18.8 Å². The van der Waals surface area contributed by atoms with Gasteiger partial charge in [-0.15, -0.1) is 0 Å². The molecule has 1 unspecified atom stereocenters. The van der Waals surface area contributed by atoms with Gasteiger partial charge in [0.15, 0.2) is 11.5 Å². The van der Waals surface area contributed by atoms with Crippen LogP contribution in [0.4, 0.5) is 13.2 Å². The molecule has 0 radical (unpaired) electrons. The molecular weight excluding hydrogens is 247 g/mol. The zero-order chi connectivity index (χ0) is 13.3. The second-order valence-corrected chi connectivity index (χ2v) is 4.23. The maximum Gasteiger partial charge on any atom is 0.420 e. The second-order valence-electron chi connectivity index (χ2n) is 4.23. The summed E-state index contributed by atoms with van der Waals surface area (Å²) in [5.74, 6) is -0.930. The van der Waals surface area contributed by atoms with Gasteiger partial charge in [0.1, 0.15) is 5.56 Å². The van der Waals surface area contributed by atoms with Gasteiger partial charge >= 0.3 is 6.18 Å². The van der Waals surface area contributed by atoms with Crippen LogP contribution in [0.25, 0.3) is 0 Å². The number of phenols is 1. The third-order valence-corrected chi connectivity index (χ3v) is 3.11. The smallest absolute Gasteiger partial charge is 0.420 e. The third-order valence-electron chi connectivity index (χ3n) is 3.11. The average Bonchev–Trinajstić information content (AvgIpc) is 2.80. The molecule has 1 aliphatic rings. The molecular formula is C12H14F3NO2. The first-order valence-corrected chi connectivity index (χ1v) is 5.65. The summed E-state index contributed by atoms with van der Waals surface area (Å²) >= 11 is 0. The van der Waals surface area contributed by atoms with Crippen LogP contribution in [0.1, 0.15) is 30.0 Å². The highest BCUT2D eigenvalue weighted by Crippen LogP contribution is 2.45. The van der Waals surface area contributed by atoms with Crippen molar-refractivity contribution in [1.29, 1.82) is 0 Å². The Morgan fingerprint density at radius 1 is 1.39 bits per heavy atom. The van der Waals surface area contributed by atoms with Crippen LogP contribution in [0.3, 0.4) is 0 Å². The van der Waals surface area contributed by atoms with Crippen LogP contribution in [0.5, 0.6) is 11.5 Å². The first-order chi connectivity index (χ1) is 8.45. The number of benzene rings is 1. The van der Waals surface area contributed by atoms with E-state index >= 15 is 0 Å². The minimum atomic E-state index is -4.54. The van der Waals surface area contributed by atoms with Gasteiger partial charge in [-0.1, -0.05) is 6.07 Å². The summed E-state index contributed by atoms with van der Waals surface area (Å²) in [6.07, 6.45) is -2.81. The fourth-order valence-corrected chi connectivity index (χ4v) is 2.25. The van der Waals surface area contributed by atoms with Crippen LogP contribution < -0.4 is 10.1 Å². The maximum atomic E-state index is 12.7. The standard InChI is InChI=1S/C12H14F3NO2/c1-18-11-8(12(13,14)15)5-4-7(10(11)17)9-3-2-6-16-9/h4-5,9,16-17H,2-3,6H2,1H3. The molecule has 0 amide bonds. The summed E-state index contributed by atoms with van der Waals surface area (Å²) in [6.45, 7) is 0.799. The van der Waals surface area contributed by atoms with Crippen molar-refractivity contribution in [3.8, 4) is 11.5 Å². The van der Waals surface area contributed by atoms with E-state index in [0.29, 0.717) is 5.56 Å². The van der Waals surface area contributed by atoms with Gasteiger partial charge in [0.2, 0.25) is 0 Å². The van der Waals surface area contributed by atoms with E-state index in [1.165, 1.54) is 6.07 Å². The van der Waals surface area contributed by atoms with Gasteiger partial charge in [-0.3, -0.25) is 0 Å². The molecule has 1 fully saturated rings. The molecule has 1 saturated heterocycles. The largest absolute Gasteiger partial charge is 0.504 e. The molecule has 0 aliphatic carbocycles. The molecule has 1 aromatic rings. The van der Waals surface area contributed by atoms with E-state index in [2.05, 4.69) is 5.32 Å². The van der Waals surface area contributed by atoms with Crippen LogP contribution in [0.2, 0.25) is 0 Å². The van der Waals surface area contributed by atoms with Crippen molar-refractivity contribution in [3.63, 3.8) is 0 Å². The Hall–Kier alpha value is -1.43. The highest BCUT2D eigenvalue weighted by molar-refractivity contribution is 5.53. The van der Waals surface area contributed by atoms with Gasteiger partial charge < -0.3 is 15.2 Å². The molecule has 0 saturated carbocycles. The normalized spacial score (nSPS) is 20.1. The van der Waals surface area contributed by atoms with Gasteiger partial charge in [-0.2, -0.15) is 13.2 Å².